The van der Waals surface area contributed by atoms with E-state index in [2.05, 4.69) is 0 Å². The van der Waals surface area contributed by atoms with E-state index in [9.17, 15) is 0 Å². The van der Waals surface area contributed by atoms with Gasteiger partial charge < -0.3 is 9.39 Å². The van der Waals surface area contributed by atoms with Crippen LogP contribution in [0.2, 0.25) is 5.02 Å². The van der Waals surface area contributed by atoms with Gasteiger partial charge in [-0.25, -0.2) is 0 Å². The molecular formula is C13H9BClO2. The van der Waals surface area contributed by atoms with Crippen LogP contribution in [0.15, 0.2) is 42.5 Å². The summed E-state index contributed by atoms with van der Waals surface area (Å²) >= 11 is 5.82. The molecule has 0 fully saturated rings. The summed E-state index contributed by atoms with van der Waals surface area (Å²) in [5, 5.41) is 0.703. The summed E-state index contributed by atoms with van der Waals surface area (Å²) in [6.07, 6.45) is 0. The Morgan fingerprint density at radius 3 is 2.65 bits per heavy atom. The SMILES string of the molecule is Clc1ccc(Oc2ccc3c(c2)CO[B]3)cc1. The van der Waals surface area contributed by atoms with Crippen LogP contribution in [-0.2, 0) is 11.3 Å². The number of ether oxygens (including phenoxy) is 1. The molecule has 0 aliphatic carbocycles. The van der Waals surface area contributed by atoms with Gasteiger partial charge in [-0.15, -0.1) is 0 Å². The van der Waals surface area contributed by atoms with Crippen LogP contribution in [0.4, 0.5) is 0 Å². The van der Waals surface area contributed by atoms with Crippen LogP contribution < -0.4 is 10.2 Å². The molecule has 0 saturated carbocycles. The lowest BCUT2D eigenvalue weighted by Crippen LogP contribution is -2.10. The lowest BCUT2D eigenvalue weighted by atomic mass is 9.87. The van der Waals surface area contributed by atoms with Gasteiger partial charge in [0, 0.05) is 5.02 Å². The third-order valence-corrected chi connectivity index (χ3v) is 2.86. The Kier molecular flexibility index (Phi) is 2.79. The first-order chi connectivity index (χ1) is 8.31. The van der Waals surface area contributed by atoms with Crippen molar-refractivity contribution in [1.29, 1.82) is 0 Å². The summed E-state index contributed by atoms with van der Waals surface area (Å²) in [6, 6.07) is 13.2. The van der Waals surface area contributed by atoms with Crippen LogP contribution in [0.1, 0.15) is 5.56 Å². The van der Waals surface area contributed by atoms with Crippen LogP contribution >= 0.6 is 11.6 Å². The molecule has 2 aromatic carbocycles. The van der Waals surface area contributed by atoms with Crippen LogP contribution in [0, 0.1) is 0 Å². The van der Waals surface area contributed by atoms with Gasteiger partial charge in [0.1, 0.15) is 11.5 Å². The third-order valence-electron chi connectivity index (χ3n) is 2.61. The van der Waals surface area contributed by atoms with E-state index in [0.29, 0.717) is 11.6 Å². The van der Waals surface area contributed by atoms with Gasteiger partial charge in [0.05, 0.1) is 6.61 Å². The van der Waals surface area contributed by atoms with Crippen molar-refractivity contribution in [1.82, 2.24) is 0 Å². The van der Waals surface area contributed by atoms with Crippen molar-refractivity contribution in [3.63, 3.8) is 0 Å². The highest BCUT2D eigenvalue weighted by Gasteiger charge is 2.13. The number of benzene rings is 2. The number of hydrogen-bond acceptors (Lipinski definition) is 2. The molecule has 1 heterocycles. The second-order valence-corrected chi connectivity index (χ2v) is 4.28. The van der Waals surface area contributed by atoms with E-state index in [4.69, 9.17) is 21.0 Å². The van der Waals surface area contributed by atoms with Gasteiger partial charge in [-0.3, -0.25) is 0 Å². The minimum Gasteiger partial charge on any atom is -0.457 e. The van der Waals surface area contributed by atoms with Gasteiger partial charge in [0.2, 0.25) is 0 Å². The summed E-state index contributed by atoms with van der Waals surface area (Å²) in [7, 11) is 1.77. The van der Waals surface area contributed by atoms with E-state index < -0.39 is 0 Å². The van der Waals surface area contributed by atoms with E-state index in [1.54, 1.807) is 19.6 Å². The molecule has 2 aromatic rings. The van der Waals surface area contributed by atoms with Crippen molar-refractivity contribution < 1.29 is 9.39 Å². The Bertz CT molecular complexity index is 540. The molecule has 0 unspecified atom stereocenters. The Hall–Kier alpha value is -1.45. The maximum Gasteiger partial charge on any atom is 0.330 e. The van der Waals surface area contributed by atoms with Crippen LogP contribution in [0.3, 0.4) is 0 Å². The first kappa shape index (κ1) is 10.7. The molecule has 1 aliphatic heterocycles. The van der Waals surface area contributed by atoms with Crippen molar-refractivity contribution in [2.45, 2.75) is 6.61 Å². The highest BCUT2D eigenvalue weighted by Crippen LogP contribution is 2.24. The van der Waals surface area contributed by atoms with Crippen molar-refractivity contribution in [2.24, 2.45) is 0 Å². The van der Waals surface area contributed by atoms with E-state index in [1.165, 1.54) is 0 Å². The Labute approximate surface area is 105 Å². The molecule has 1 radical (unpaired) electrons. The predicted octanol–water partition coefficient (Wildman–Crippen LogP) is 2.91. The summed E-state index contributed by atoms with van der Waals surface area (Å²) in [4.78, 5) is 0. The molecule has 0 bridgehead atoms. The lowest BCUT2D eigenvalue weighted by Gasteiger charge is -2.07. The summed E-state index contributed by atoms with van der Waals surface area (Å²) in [6.45, 7) is 0.618. The van der Waals surface area contributed by atoms with Gasteiger partial charge in [-0.2, -0.15) is 0 Å². The number of hydrogen-bond donors (Lipinski definition) is 0. The van der Waals surface area contributed by atoms with E-state index in [1.807, 2.05) is 30.3 Å². The van der Waals surface area contributed by atoms with Gasteiger partial charge in [0.15, 0.2) is 0 Å². The normalized spacial score (nSPS) is 13.0. The fourth-order valence-corrected chi connectivity index (χ4v) is 1.87. The van der Waals surface area contributed by atoms with Crippen molar-refractivity contribution in [3.05, 3.63) is 53.1 Å². The first-order valence-electron chi connectivity index (χ1n) is 5.32. The lowest BCUT2D eigenvalue weighted by molar-refractivity contribution is 0.344. The van der Waals surface area contributed by atoms with Crippen molar-refractivity contribution in [2.75, 3.05) is 0 Å². The second-order valence-electron chi connectivity index (χ2n) is 3.85. The van der Waals surface area contributed by atoms with Gasteiger partial charge >= 0.3 is 7.48 Å². The zero-order chi connectivity index (χ0) is 11.7. The Morgan fingerprint density at radius 2 is 1.82 bits per heavy atom. The minimum atomic E-state index is 0.618. The minimum absolute atomic E-state index is 0.618. The highest BCUT2D eigenvalue weighted by molar-refractivity contribution is 6.48. The third kappa shape index (κ3) is 2.30. The number of rotatable bonds is 2. The molecule has 4 heteroatoms. The molecule has 2 nitrogen and oxygen atoms in total. The van der Waals surface area contributed by atoms with Crippen LogP contribution in [0.5, 0.6) is 11.5 Å². The standard InChI is InChI=1S/C13H9BClO2/c15-10-1-3-11(4-2-10)17-12-5-6-13-9(7-12)8-16-14-13/h1-7H,8H2. The number of fused-ring (bicyclic) bond motifs is 1. The maximum atomic E-state index is 5.82. The maximum absolute atomic E-state index is 5.82. The van der Waals surface area contributed by atoms with E-state index in [0.717, 1.165) is 22.5 Å². The molecule has 17 heavy (non-hydrogen) atoms. The van der Waals surface area contributed by atoms with Crippen molar-refractivity contribution in [3.8, 4) is 11.5 Å². The molecule has 0 spiro atoms. The molecule has 3 rings (SSSR count). The summed E-state index contributed by atoms with van der Waals surface area (Å²) in [5.74, 6) is 1.59. The molecule has 0 aromatic heterocycles. The zero-order valence-corrected chi connectivity index (χ0v) is 9.78. The molecule has 0 N–H and O–H groups in total. The fraction of sp³-hybridized carbons (Fsp3) is 0.0769. The average Bonchev–Trinajstić information content (AvgIpc) is 2.79. The summed E-state index contributed by atoms with van der Waals surface area (Å²) < 4.78 is 11.0. The smallest absolute Gasteiger partial charge is 0.330 e. The van der Waals surface area contributed by atoms with Gasteiger partial charge in [0.25, 0.3) is 0 Å². The topological polar surface area (TPSA) is 18.5 Å². The first-order valence-corrected chi connectivity index (χ1v) is 5.70. The average molecular weight is 243 g/mol. The summed E-state index contributed by atoms with van der Waals surface area (Å²) in [5.41, 5.74) is 2.27. The second kappa shape index (κ2) is 4.44. The van der Waals surface area contributed by atoms with Crippen LogP contribution in [0.25, 0.3) is 0 Å². The molecule has 0 atom stereocenters. The highest BCUT2D eigenvalue weighted by atomic mass is 35.5. The molecule has 0 amide bonds. The largest absolute Gasteiger partial charge is 0.457 e. The van der Waals surface area contributed by atoms with Gasteiger partial charge in [-0.05, 0) is 47.4 Å². The molecule has 83 valence electrons. The predicted molar refractivity (Wildman–Crippen MR) is 68.1 cm³/mol. The van der Waals surface area contributed by atoms with Gasteiger partial charge in [-0.1, -0.05) is 17.7 Å². The van der Waals surface area contributed by atoms with E-state index in [-0.39, 0.29) is 0 Å². The van der Waals surface area contributed by atoms with Crippen molar-refractivity contribution >= 4 is 24.5 Å². The van der Waals surface area contributed by atoms with E-state index >= 15 is 0 Å². The quantitative estimate of drug-likeness (QED) is 0.755. The molecular weight excluding hydrogens is 234 g/mol. The zero-order valence-electron chi connectivity index (χ0n) is 9.02. The number of halogens is 1. The fourth-order valence-electron chi connectivity index (χ4n) is 1.75. The Balaban J connectivity index is 1.83. The monoisotopic (exact) mass is 243 g/mol. The van der Waals surface area contributed by atoms with Crippen LogP contribution in [-0.4, -0.2) is 7.48 Å². The Morgan fingerprint density at radius 1 is 1.06 bits per heavy atom. The molecule has 0 saturated heterocycles. The molecule has 1 aliphatic rings.